The first kappa shape index (κ1) is 21.2. The molecule has 0 spiro atoms. The van der Waals surface area contributed by atoms with Crippen molar-refractivity contribution < 1.29 is 16.8 Å². The molecule has 0 bridgehead atoms. The van der Waals surface area contributed by atoms with Crippen molar-refractivity contribution in [3.05, 3.63) is 48.3 Å². The first-order valence-electron chi connectivity index (χ1n) is 10.1. The molecule has 0 N–H and O–H groups in total. The van der Waals surface area contributed by atoms with Gasteiger partial charge in [-0.05, 0) is 30.2 Å². The second-order valence-corrected chi connectivity index (χ2v) is 12.1. The molecule has 0 aliphatic carbocycles. The largest absolute Gasteiger partial charge is 0.338 e. The molecule has 0 amide bonds. The van der Waals surface area contributed by atoms with E-state index in [0.29, 0.717) is 32.1 Å². The molecule has 2 aliphatic heterocycles. The summed E-state index contributed by atoms with van der Waals surface area (Å²) in [6.45, 7) is 4.39. The van der Waals surface area contributed by atoms with Gasteiger partial charge in [-0.25, -0.2) is 26.8 Å². The summed E-state index contributed by atoms with van der Waals surface area (Å²) in [6.07, 6.45) is 4.19. The minimum atomic E-state index is -3.76. The van der Waals surface area contributed by atoms with Gasteiger partial charge in [0.25, 0.3) is 0 Å². The number of piperazine rings is 1. The number of sulfone groups is 2. The van der Waals surface area contributed by atoms with Crippen LogP contribution in [0.3, 0.4) is 0 Å². The maximum absolute atomic E-state index is 13.3. The van der Waals surface area contributed by atoms with E-state index in [1.54, 1.807) is 42.7 Å². The average Bonchev–Trinajstić information content (AvgIpc) is 3.11. The number of anilines is 1. The van der Waals surface area contributed by atoms with Gasteiger partial charge in [0.1, 0.15) is 0 Å². The van der Waals surface area contributed by atoms with Crippen molar-refractivity contribution in [3.63, 3.8) is 0 Å². The predicted octanol–water partition coefficient (Wildman–Crippen LogP) is 0.801. The monoisotopic (exact) mass is 450 g/mol. The van der Waals surface area contributed by atoms with Crippen LogP contribution in [0.1, 0.15) is 12.5 Å². The molecule has 10 heteroatoms. The fourth-order valence-corrected chi connectivity index (χ4v) is 9.06. The van der Waals surface area contributed by atoms with Gasteiger partial charge in [-0.2, -0.15) is 0 Å². The number of aromatic nitrogens is 2. The van der Waals surface area contributed by atoms with E-state index in [-0.39, 0.29) is 16.4 Å². The molecule has 162 valence electrons. The van der Waals surface area contributed by atoms with Crippen LogP contribution >= 0.6 is 0 Å². The maximum Gasteiger partial charge on any atom is 0.225 e. The molecule has 2 fully saturated rings. The van der Waals surface area contributed by atoms with Gasteiger partial charge in [-0.15, -0.1) is 0 Å². The summed E-state index contributed by atoms with van der Waals surface area (Å²) >= 11 is 0. The highest BCUT2D eigenvalue weighted by Crippen LogP contribution is 2.30. The molecule has 30 heavy (non-hydrogen) atoms. The molecule has 0 radical (unpaired) electrons. The normalized spacial score (nSPS) is 24.8. The average molecular weight is 451 g/mol. The molecule has 0 saturated carbocycles. The Morgan fingerprint density at radius 2 is 1.63 bits per heavy atom. The van der Waals surface area contributed by atoms with Gasteiger partial charge < -0.3 is 4.90 Å². The second-order valence-electron chi connectivity index (χ2n) is 7.80. The van der Waals surface area contributed by atoms with E-state index in [9.17, 15) is 16.8 Å². The standard InChI is InChI=1S/C20H26N4O4S2/c1-2-16-4-6-17(7-5-16)30(27,28)19-15-29(25,26)14-18(19)23-10-12-24(13-11-23)20-21-8-3-9-22-20/h3-9,18-19H,2,10-15H2,1H3/t18-,19-/m0/s1. The van der Waals surface area contributed by atoms with Gasteiger partial charge in [-0.3, -0.25) is 4.90 Å². The van der Waals surface area contributed by atoms with Crippen molar-refractivity contribution in [2.24, 2.45) is 0 Å². The van der Waals surface area contributed by atoms with E-state index in [1.807, 2.05) is 16.7 Å². The zero-order valence-corrected chi connectivity index (χ0v) is 18.5. The van der Waals surface area contributed by atoms with Crippen LogP contribution in [0.15, 0.2) is 47.6 Å². The van der Waals surface area contributed by atoms with Crippen LogP contribution in [0.2, 0.25) is 0 Å². The fourth-order valence-electron chi connectivity index (χ4n) is 4.23. The van der Waals surface area contributed by atoms with Crippen LogP contribution < -0.4 is 4.90 Å². The Morgan fingerprint density at radius 1 is 1.00 bits per heavy atom. The van der Waals surface area contributed by atoms with Crippen molar-refractivity contribution in [2.75, 3.05) is 42.6 Å². The third-order valence-corrected chi connectivity index (χ3v) is 10.1. The molecule has 2 atom stereocenters. The fraction of sp³-hybridized carbons (Fsp3) is 0.500. The summed E-state index contributed by atoms with van der Waals surface area (Å²) in [4.78, 5) is 12.8. The summed E-state index contributed by atoms with van der Waals surface area (Å²) in [5.41, 5.74) is 1.05. The molecular formula is C20H26N4O4S2. The minimum absolute atomic E-state index is 0.119. The quantitative estimate of drug-likeness (QED) is 0.659. The molecule has 1 aromatic carbocycles. The smallest absolute Gasteiger partial charge is 0.225 e. The molecule has 0 unspecified atom stereocenters. The SMILES string of the molecule is CCc1ccc(S(=O)(=O)[C@H]2CS(=O)(=O)C[C@@H]2N2CCN(c3ncccn3)CC2)cc1. The van der Waals surface area contributed by atoms with Crippen molar-refractivity contribution in [1.82, 2.24) is 14.9 Å². The lowest BCUT2D eigenvalue weighted by atomic mass is 10.2. The van der Waals surface area contributed by atoms with Crippen molar-refractivity contribution >= 4 is 25.6 Å². The minimum Gasteiger partial charge on any atom is -0.338 e. The number of rotatable bonds is 5. The van der Waals surface area contributed by atoms with E-state index in [1.165, 1.54) is 0 Å². The zero-order chi connectivity index (χ0) is 21.4. The van der Waals surface area contributed by atoms with E-state index >= 15 is 0 Å². The maximum atomic E-state index is 13.3. The highest BCUT2D eigenvalue weighted by molar-refractivity contribution is 7.96. The first-order chi connectivity index (χ1) is 14.3. The van der Waals surface area contributed by atoms with Gasteiger partial charge in [0, 0.05) is 44.6 Å². The molecule has 2 saturated heterocycles. The summed E-state index contributed by atoms with van der Waals surface area (Å²) in [5.74, 6) is 0.194. The summed E-state index contributed by atoms with van der Waals surface area (Å²) in [6, 6.07) is 8.01. The lowest BCUT2D eigenvalue weighted by Crippen LogP contribution is -2.55. The van der Waals surface area contributed by atoms with Crippen LogP contribution in [-0.2, 0) is 26.1 Å². The Hall–Kier alpha value is -2.04. The summed E-state index contributed by atoms with van der Waals surface area (Å²) in [5, 5.41) is -0.950. The molecule has 3 heterocycles. The number of hydrogen-bond acceptors (Lipinski definition) is 8. The molecular weight excluding hydrogens is 424 g/mol. The number of benzene rings is 1. The van der Waals surface area contributed by atoms with Crippen LogP contribution in [0, 0.1) is 0 Å². The molecule has 2 aliphatic rings. The topological polar surface area (TPSA) is 101 Å². The summed E-state index contributed by atoms with van der Waals surface area (Å²) in [7, 11) is -7.18. The van der Waals surface area contributed by atoms with E-state index in [0.717, 1.165) is 12.0 Å². The zero-order valence-electron chi connectivity index (χ0n) is 16.9. The Labute approximate surface area is 177 Å². The number of hydrogen-bond donors (Lipinski definition) is 0. The van der Waals surface area contributed by atoms with Crippen LogP contribution in [0.5, 0.6) is 0 Å². The van der Waals surface area contributed by atoms with Crippen molar-refractivity contribution in [3.8, 4) is 0 Å². The number of aryl methyl sites for hydroxylation is 1. The lowest BCUT2D eigenvalue weighted by Gasteiger charge is -2.39. The Kier molecular flexibility index (Phi) is 5.82. The van der Waals surface area contributed by atoms with Gasteiger partial charge in [-0.1, -0.05) is 19.1 Å². The van der Waals surface area contributed by atoms with Gasteiger partial charge >= 0.3 is 0 Å². The molecule has 4 rings (SSSR count). The molecule has 8 nitrogen and oxygen atoms in total. The second kappa shape index (κ2) is 8.24. The van der Waals surface area contributed by atoms with E-state index in [4.69, 9.17) is 0 Å². The van der Waals surface area contributed by atoms with Crippen molar-refractivity contribution in [1.29, 1.82) is 0 Å². The van der Waals surface area contributed by atoms with Crippen molar-refractivity contribution in [2.45, 2.75) is 29.5 Å². The Balaban J connectivity index is 1.54. The molecule has 2 aromatic rings. The van der Waals surface area contributed by atoms with Crippen LogP contribution in [-0.4, -0.2) is 80.7 Å². The summed E-state index contributed by atoms with van der Waals surface area (Å²) < 4.78 is 51.6. The predicted molar refractivity (Wildman–Crippen MR) is 115 cm³/mol. The molecule has 1 aromatic heterocycles. The highest BCUT2D eigenvalue weighted by Gasteiger charge is 2.48. The van der Waals surface area contributed by atoms with Gasteiger partial charge in [0.2, 0.25) is 5.95 Å². The van der Waals surface area contributed by atoms with Crippen LogP contribution in [0.4, 0.5) is 5.95 Å². The third kappa shape index (κ3) is 4.21. The first-order valence-corrected chi connectivity index (χ1v) is 13.5. The Morgan fingerprint density at radius 3 is 2.23 bits per heavy atom. The van der Waals surface area contributed by atoms with Gasteiger partial charge in [0.05, 0.1) is 21.7 Å². The van der Waals surface area contributed by atoms with E-state index < -0.39 is 31.0 Å². The lowest BCUT2D eigenvalue weighted by molar-refractivity contribution is 0.201. The van der Waals surface area contributed by atoms with Crippen LogP contribution in [0.25, 0.3) is 0 Å². The Bertz CT molecular complexity index is 1080. The van der Waals surface area contributed by atoms with E-state index in [2.05, 4.69) is 9.97 Å². The third-order valence-electron chi connectivity index (χ3n) is 5.95. The highest BCUT2D eigenvalue weighted by atomic mass is 32.2. The van der Waals surface area contributed by atoms with Gasteiger partial charge in [0.15, 0.2) is 19.7 Å². The number of nitrogens with zero attached hydrogens (tertiary/aromatic N) is 4.